The molecule has 1 unspecified atom stereocenters. The third-order valence-corrected chi connectivity index (χ3v) is 4.13. The number of rotatable bonds is 6. The van der Waals surface area contributed by atoms with Crippen LogP contribution in [0.3, 0.4) is 0 Å². The predicted molar refractivity (Wildman–Crippen MR) is 89.2 cm³/mol. The van der Waals surface area contributed by atoms with Gasteiger partial charge in [-0.1, -0.05) is 0 Å². The third kappa shape index (κ3) is 4.47. The number of aliphatic imine (C=N–C) groups is 1. The van der Waals surface area contributed by atoms with E-state index in [1.807, 2.05) is 14.0 Å². The van der Waals surface area contributed by atoms with Gasteiger partial charge in [-0.2, -0.15) is 5.10 Å². The predicted octanol–water partition coefficient (Wildman–Crippen LogP) is 1.43. The van der Waals surface area contributed by atoms with Gasteiger partial charge in [0.05, 0.1) is 12.3 Å². The lowest BCUT2D eigenvalue weighted by molar-refractivity contribution is 0.157. The maximum Gasteiger partial charge on any atom is 0.193 e. The molecule has 1 aliphatic heterocycles. The molecule has 0 radical (unpaired) electrons. The highest BCUT2D eigenvalue weighted by Crippen LogP contribution is 2.16. The Balaban J connectivity index is 1.72. The van der Waals surface area contributed by atoms with E-state index < -0.39 is 0 Å². The molecule has 22 heavy (non-hydrogen) atoms. The first kappa shape index (κ1) is 16.8. The van der Waals surface area contributed by atoms with Gasteiger partial charge in [0, 0.05) is 51.9 Å². The van der Waals surface area contributed by atoms with Crippen LogP contribution in [0.5, 0.6) is 0 Å². The Labute approximate surface area is 133 Å². The van der Waals surface area contributed by atoms with Crippen molar-refractivity contribution in [2.45, 2.75) is 33.2 Å². The van der Waals surface area contributed by atoms with E-state index in [0.717, 1.165) is 50.9 Å². The van der Waals surface area contributed by atoms with Crippen molar-refractivity contribution in [1.82, 2.24) is 20.0 Å². The lowest BCUT2D eigenvalue weighted by Gasteiger charge is -2.21. The fourth-order valence-electron chi connectivity index (χ4n) is 3.06. The molecule has 1 atom stereocenters. The van der Waals surface area contributed by atoms with Crippen LogP contribution < -0.4 is 5.32 Å². The molecule has 6 heteroatoms. The molecule has 0 amide bonds. The zero-order valence-electron chi connectivity index (χ0n) is 14.3. The Morgan fingerprint density at radius 2 is 2.32 bits per heavy atom. The van der Waals surface area contributed by atoms with E-state index in [1.165, 1.54) is 12.1 Å². The molecule has 0 aliphatic carbocycles. The standard InChI is InChI=1S/C16H29N5O/c1-13-10-14(2)21(19-13)8-5-7-18-16(17-3)20-9-6-15(11-20)12-22-4/h10,15H,5-9,11-12H2,1-4H3,(H,17,18). The van der Waals surface area contributed by atoms with Gasteiger partial charge in [-0.3, -0.25) is 9.67 Å². The van der Waals surface area contributed by atoms with Crippen LogP contribution in [0.25, 0.3) is 0 Å². The Morgan fingerprint density at radius 1 is 1.50 bits per heavy atom. The van der Waals surface area contributed by atoms with Crippen molar-refractivity contribution in [1.29, 1.82) is 0 Å². The van der Waals surface area contributed by atoms with Gasteiger partial charge in [-0.15, -0.1) is 0 Å². The van der Waals surface area contributed by atoms with Crippen LogP contribution in [0, 0.1) is 19.8 Å². The second-order valence-corrected chi connectivity index (χ2v) is 6.03. The van der Waals surface area contributed by atoms with Gasteiger partial charge in [-0.05, 0) is 32.8 Å². The summed E-state index contributed by atoms with van der Waals surface area (Å²) in [7, 11) is 3.63. The Hall–Kier alpha value is -1.56. The van der Waals surface area contributed by atoms with Gasteiger partial charge >= 0.3 is 0 Å². The summed E-state index contributed by atoms with van der Waals surface area (Å²) in [6.07, 6.45) is 2.22. The maximum absolute atomic E-state index is 5.25. The molecule has 0 aromatic carbocycles. The molecule has 1 N–H and O–H groups in total. The van der Waals surface area contributed by atoms with E-state index in [4.69, 9.17) is 4.74 Å². The summed E-state index contributed by atoms with van der Waals surface area (Å²) in [5.41, 5.74) is 2.31. The molecule has 1 aromatic heterocycles. The van der Waals surface area contributed by atoms with Crippen molar-refractivity contribution in [2.75, 3.05) is 40.4 Å². The minimum atomic E-state index is 0.623. The van der Waals surface area contributed by atoms with Crippen molar-refractivity contribution in [3.8, 4) is 0 Å². The quantitative estimate of drug-likeness (QED) is 0.491. The van der Waals surface area contributed by atoms with Gasteiger partial charge in [0.1, 0.15) is 0 Å². The van der Waals surface area contributed by atoms with Crippen molar-refractivity contribution in [3.05, 3.63) is 17.5 Å². The molecule has 0 bridgehead atoms. The molecule has 2 heterocycles. The minimum absolute atomic E-state index is 0.623. The van der Waals surface area contributed by atoms with Gasteiger partial charge in [0.25, 0.3) is 0 Å². The molecule has 1 aromatic rings. The topological polar surface area (TPSA) is 54.7 Å². The monoisotopic (exact) mass is 307 g/mol. The maximum atomic E-state index is 5.25. The first-order chi connectivity index (χ1) is 10.6. The summed E-state index contributed by atoms with van der Waals surface area (Å²) in [5, 5.41) is 7.95. The molecule has 1 fully saturated rings. The molecule has 124 valence electrons. The lowest BCUT2D eigenvalue weighted by atomic mass is 10.1. The molecular formula is C16H29N5O. The van der Waals surface area contributed by atoms with Crippen LogP contribution in [0.1, 0.15) is 24.2 Å². The first-order valence-electron chi connectivity index (χ1n) is 8.09. The number of nitrogens with one attached hydrogen (secondary N) is 1. The van der Waals surface area contributed by atoms with Crippen LogP contribution >= 0.6 is 0 Å². The van der Waals surface area contributed by atoms with Crippen molar-refractivity contribution in [2.24, 2.45) is 10.9 Å². The summed E-state index contributed by atoms with van der Waals surface area (Å²) >= 11 is 0. The second kappa shape index (κ2) is 8.17. The summed E-state index contributed by atoms with van der Waals surface area (Å²) in [6.45, 7) is 8.92. The van der Waals surface area contributed by atoms with E-state index in [9.17, 15) is 0 Å². The fourth-order valence-corrected chi connectivity index (χ4v) is 3.06. The summed E-state index contributed by atoms with van der Waals surface area (Å²) in [6, 6.07) is 2.12. The Morgan fingerprint density at radius 3 is 2.95 bits per heavy atom. The summed E-state index contributed by atoms with van der Waals surface area (Å²) < 4.78 is 7.33. The van der Waals surface area contributed by atoms with E-state index in [1.54, 1.807) is 7.11 Å². The SMILES string of the molecule is CN=C(NCCCn1nc(C)cc1C)N1CCC(COC)C1. The number of ether oxygens (including phenoxy) is 1. The van der Waals surface area contributed by atoms with Crippen LogP contribution in [0.4, 0.5) is 0 Å². The van der Waals surface area contributed by atoms with Crippen LogP contribution in [-0.4, -0.2) is 61.0 Å². The average molecular weight is 307 g/mol. The number of methoxy groups -OCH3 is 1. The zero-order chi connectivity index (χ0) is 15.9. The molecule has 2 rings (SSSR count). The molecular weight excluding hydrogens is 278 g/mol. The van der Waals surface area contributed by atoms with Crippen LogP contribution in [0.2, 0.25) is 0 Å². The Bertz CT molecular complexity index is 497. The van der Waals surface area contributed by atoms with Gasteiger partial charge in [0.15, 0.2) is 5.96 Å². The number of aromatic nitrogens is 2. The summed E-state index contributed by atoms with van der Waals surface area (Å²) in [5.74, 6) is 1.63. The van der Waals surface area contributed by atoms with Crippen LogP contribution in [0.15, 0.2) is 11.1 Å². The zero-order valence-corrected chi connectivity index (χ0v) is 14.3. The van der Waals surface area contributed by atoms with Crippen molar-refractivity contribution < 1.29 is 4.74 Å². The molecule has 0 saturated carbocycles. The third-order valence-electron chi connectivity index (χ3n) is 4.13. The van der Waals surface area contributed by atoms with Crippen molar-refractivity contribution in [3.63, 3.8) is 0 Å². The van der Waals surface area contributed by atoms with E-state index in [2.05, 4.69) is 38.0 Å². The number of aryl methyl sites for hydroxylation is 3. The van der Waals surface area contributed by atoms with E-state index >= 15 is 0 Å². The first-order valence-corrected chi connectivity index (χ1v) is 8.09. The normalized spacial score (nSPS) is 19.0. The second-order valence-electron chi connectivity index (χ2n) is 6.03. The number of hydrogen-bond donors (Lipinski definition) is 1. The molecule has 1 saturated heterocycles. The largest absolute Gasteiger partial charge is 0.384 e. The van der Waals surface area contributed by atoms with Gasteiger partial charge < -0.3 is 15.0 Å². The van der Waals surface area contributed by atoms with Gasteiger partial charge in [-0.25, -0.2) is 0 Å². The number of hydrogen-bond acceptors (Lipinski definition) is 3. The molecule has 6 nitrogen and oxygen atoms in total. The summed E-state index contributed by atoms with van der Waals surface area (Å²) in [4.78, 5) is 6.73. The smallest absolute Gasteiger partial charge is 0.193 e. The number of guanidine groups is 1. The van der Waals surface area contributed by atoms with Crippen molar-refractivity contribution >= 4 is 5.96 Å². The Kier molecular flexibility index (Phi) is 6.24. The van der Waals surface area contributed by atoms with E-state index in [0.29, 0.717) is 5.92 Å². The average Bonchev–Trinajstić information content (AvgIpc) is 3.06. The number of nitrogens with zero attached hydrogens (tertiary/aromatic N) is 4. The highest BCUT2D eigenvalue weighted by Gasteiger charge is 2.24. The van der Waals surface area contributed by atoms with Crippen LogP contribution in [-0.2, 0) is 11.3 Å². The van der Waals surface area contributed by atoms with E-state index in [-0.39, 0.29) is 0 Å². The fraction of sp³-hybridized carbons (Fsp3) is 0.750. The molecule has 1 aliphatic rings. The highest BCUT2D eigenvalue weighted by atomic mass is 16.5. The minimum Gasteiger partial charge on any atom is -0.384 e. The highest BCUT2D eigenvalue weighted by molar-refractivity contribution is 5.80. The van der Waals surface area contributed by atoms with Gasteiger partial charge in [0.2, 0.25) is 0 Å². The molecule has 0 spiro atoms. The number of likely N-dealkylation sites (tertiary alicyclic amines) is 1. The lowest BCUT2D eigenvalue weighted by Crippen LogP contribution is -2.40.